The van der Waals surface area contributed by atoms with E-state index in [4.69, 9.17) is 0 Å². The summed E-state index contributed by atoms with van der Waals surface area (Å²) in [5, 5.41) is 9.66. The maximum absolute atomic E-state index is 12.8. The van der Waals surface area contributed by atoms with E-state index in [0.717, 1.165) is 33.9 Å². The van der Waals surface area contributed by atoms with Crippen LogP contribution in [-0.4, -0.2) is 10.9 Å². The minimum absolute atomic E-state index is 0.111. The highest BCUT2D eigenvalue weighted by Gasteiger charge is 2.63. The third-order valence-corrected chi connectivity index (χ3v) is 7.40. The van der Waals surface area contributed by atoms with Gasteiger partial charge in [0.15, 0.2) is 5.78 Å². The molecule has 2 nitrogen and oxygen atoms in total. The molecule has 25 heavy (non-hydrogen) atoms. The summed E-state index contributed by atoms with van der Waals surface area (Å²) in [6.45, 7) is 10.8. The van der Waals surface area contributed by atoms with Gasteiger partial charge < -0.3 is 5.11 Å². The molecule has 1 saturated carbocycles. The predicted molar refractivity (Wildman–Crippen MR) is 104 cm³/mol. The molecule has 130 valence electrons. The number of rotatable bonds is 3. The van der Waals surface area contributed by atoms with Crippen molar-refractivity contribution in [3.8, 4) is 5.75 Å². The SMILES string of the molecule is Cc1cc(O)cc(C)c1C=CC(=O)c1sc(C)c2c1C[C@@H]1[C@H]2C1(C)C. The lowest BCUT2D eigenvalue weighted by Crippen LogP contribution is -2.03. The first-order valence-corrected chi connectivity index (χ1v) is 9.68. The van der Waals surface area contributed by atoms with Crippen LogP contribution in [0.4, 0.5) is 0 Å². The average molecular weight is 352 g/mol. The summed E-state index contributed by atoms with van der Waals surface area (Å²) in [6, 6.07) is 3.47. The minimum Gasteiger partial charge on any atom is -0.508 e. The molecular formula is C22H24O2S. The number of aryl methyl sites for hydroxylation is 3. The summed E-state index contributed by atoms with van der Waals surface area (Å²) < 4.78 is 0. The number of allylic oxidation sites excluding steroid dienone is 1. The fourth-order valence-corrected chi connectivity index (χ4v) is 5.93. The molecular weight excluding hydrogens is 328 g/mol. The van der Waals surface area contributed by atoms with E-state index in [1.54, 1.807) is 29.5 Å². The summed E-state index contributed by atoms with van der Waals surface area (Å²) >= 11 is 1.66. The predicted octanol–water partition coefficient (Wildman–Crippen LogP) is 5.57. The van der Waals surface area contributed by atoms with E-state index in [-0.39, 0.29) is 11.5 Å². The highest BCUT2D eigenvalue weighted by Crippen LogP contribution is 2.71. The zero-order chi connectivity index (χ0) is 18.1. The van der Waals surface area contributed by atoms with Crippen LogP contribution in [0.1, 0.15) is 62.1 Å². The summed E-state index contributed by atoms with van der Waals surface area (Å²) in [4.78, 5) is 15.1. The second-order valence-electron chi connectivity index (χ2n) is 8.18. The maximum Gasteiger partial charge on any atom is 0.196 e. The highest BCUT2D eigenvalue weighted by molar-refractivity contribution is 7.14. The Kier molecular flexibility index (Phi) is 3.52. The Labute approximate surface area is 153 Å². The lowest BCUT2D eigenvalue weighted by molar-refractivity contribution is 0.105. The molecule has 0 spiro atoms. The van der Waals surface area contributed by atoms with Crippen LogP contribution in [0.3, 0.4) is 0 Å². The molecule has 4 rings (SSSR count). The first kappa shape index (κ1) is 16.6. The van der Waals surface area contributed by atoms with Gasteiger partial charge in [0.1, 0.15) is 5.75 Å². The van der Waals surface area contributed by atoms with Crippen LogP contribution in [0.2, 0.25) is 0 Å². The monoisotopic (exact) mass is 352 g/mol. The van der Waals surface area contributed by atoms with E-state index < -0.39 is 0 Å². The molecule has 1 fully saturated rings. The Hall–Kier alpha value is -1.87. The van der Waals surface area contributed by atoms with Gasteiger partial charge in [-0.25, -0.2) is 0 Å². The number of hydrogen-bond donors (Lipinski definition) is 1. The molecule has 1 aromatic carbocycles. The molecule has 1 N–H and O–H groups in total. The molecule has 0 aliphatic heterocycles. The minimum atomic E-state index is 0.111. The number of carbonyl (C=O) groups is 1. The number of benzene rings is 1. The van der Waals surface area contributed by atoms with Crippen molar-refractivity contribution < 1.29 is 9.90 Å². The Balaban J connectivity index is 1.64. The molecule has 2 atom stereocenters. The Morgan fingerprint density at radius 2 is 1.88 bits per heavy atom. The van der Waals surface area contributed by atoms with Gasteiger partial charge in [-0.15, -0.1) is 11.3 Å². The zero-order valence-electron chi connectivity index (χ0n) is 15.4. The lowest BCUT2D eigenvalue weighted by Gasteiger charge is -2.09. The molecule has 0 radical (unpaired) electrons. The molecule has 2 aliphatic rings. The van der Waals surface area contributed by atoms with Crippen molar-refractivity contribution in [1.29, 1.82) is 0 Å². The molecule has 1 heterocycles. The number of fused-ring (bicyclic) bond motifs is 3. The van der Waals surface area contributed by atoms with Crippen LogP contribution in [-0.2, 0) is 6.42 Å². The van der Waals surface area contributed by atoms with E-state index in [2.05, 4.69) is 20.8 Å². The number of thiophene rings is 1. The zero-order valence-corrected chi connectivity index (χ0v) is 16.3. The fraction of sp³-hybridized carbons (Fsp3) is 0.409. The third-order valence-electron chi connectivity index (χ3n) is 6.22. The van der Waals surface area contributed by atoms with E-state index in [0.29, 0.717) is 11.3 Å². The molecule has 2 aliphatic carbocycles. The summed E-state index contributed by atoms with van der Waals surface area (Å²) in [7, 11) is 0. The summed E-state index contributed by atoms with van der Waals surface area (Å²) in [5.41, 5.74) is 6.17. The van der Waals surface area contributed by atoms with Crippen LogP contribution >= 0.6 is 11.3 Å². The number of aromatic hydroxyl groups is 1. The summed E-state index contributed by atoms with van der Waals surface area (Å²) in [6.07, 6.45) is 4.66. The number of carbonyl (C=O) groups excluding carboxylic acids is 1. The second kappa shape index (κ2) is 5.31. The van der Waals surface area contributed by atoms with Crippen molar-refractivity contribution in [2.24, 2.45) is 11.3 Å². The standard InChI is InChI=1S/C22H24O2S/c1-11-8-14(23)9-12(2)15(11)6-7-18(24)21-16-10-17-20(22(17,4)5)19(16)13(3)25-21/h6-9,17,20,23H,10H2,1-5H3/t17-,20-/m1/s1. The fourth-order valence-electron chi connectivity index (χ4n) is 4.78. The topological polar surface area (TPSA) is 37.3 Å². The van der Waals surface area contributed by atoms with E-state index in [1.165, 1.54) is 16.0 Å². The first-order chi connectivity index (χ1) is 11.7. The molecule has 3 heteroatoms. The van der Waals surface area contributed by atoms with Gasteiger partial charge >= 0.3 is 0 Å². The van der Waals surface area contributed by atoms with Gasteiger partial charge in [-0.1, -0.05) is 19.9 Å². The number of hydrogen-bond acceptors (Lipinski definition) is 3. The first-order valence-electron chi connectivity index (χ1n) is 8.86. The number of phenols is 1. The highest BCUT2D eigenvalue weighted by atomic mass is 32.1. The molecule has 0 bridgehead atoms. The lowest BCUT2D eigenvalue weighted by atomic mass is 9.94. The largest absolute Gasteiger partial charge is 0.508 e. The summed E-state index contributed by atoms with van der Waals surface area (Å²) in [5.74, 6) is 1.76. The normalized spacial score (nSPS) is 22.9. The van der Waals surface area contributed by atoms with Crippen LogP contribution in [0.15, 0.2) is 18.2 Å². The Morgan fingerprint density at radius 1 is 1.24 bits per heavy atom. The van der Waals surface area contributed by atoms with Crippen molar-refractivity contribution in [1.82, 2.24) is 0 Å². The van der Waals surface area contributed by atoms with E-state index in [9.17, 15) is 9.90 Å². The average Bonchev–Trinajstić information content (AvgIpc) is 2.86. The van der Waals surface area contributed by atoms with Crippen LogP contribution in [0, 0.1) is 32.1 Å². The molecule has 0 saturated heterocycles. The third kappa shape index (κ3) is 2.40. The van der Waals surface area contributed by atoms with Gasteiger partial charge in [-0.05, 0) is 90.5 Å². The van der Waals surface area contributed by atoms with Crippen molar-refractivity contribution in [3.05, 3.63) is 55.8 Å². The van der Waals surface area contributed by atoms with Gasteiger partial charge in [-0.2, -0.15) is 0 Å². The molecule has 0 unspecified atom stereocenters. The van der Waals surface area contributed by atoms with Gasteiger partial charge in [0.05, 0.1) is 4.88 Å². The molecule has 2 aromatic rings. The van der Waals surface area contributed by atoms with Gasteiger partial charge in [-0.3, -0.25) is 4.79 Å². The molecule has 0 amide bonds. The maximum atomic E-state index is 12.8. The van der Waals surface area contributed by atoms with Crippen molar-refractivity contribution >= 4 is 23.2 Å². The second-order valence-corrected chi connectivity index (χ2v) is 9.40. The van der Waals surface area contributed by atoms with E-state index in [1.807, 2.05) is 19.9 Å². The van der Waals surface area contributed by atoms with Gasteiger partial charge in [0.2, 0.25) is 0 Å². The smallest absolute Gasteiger partial charge is 0.196 e. The van der Waals surface area contributed by atoms with Crippen LogP contribution < -0.4 is 0 Å². The molecule has 1 aromatic heterocycles. The Bertz CT molecular complexity index is 907. The number of ketones is 1. The van der Waals surface area contributed by atoms with E-state index >= 15 is 0 Å². The van der Waals surface area contributed by atoms with Crippen LogP contribution in [0.25, 0.3) is 6.08 Å². The number of phenolic OH excluding ortho intramolecular Hbond substituents is 1. The van der Waals surface area contributed by atoms with Crippen molar-refractivity contribution in [2.75, 3.05) is 0 Å². The van der Waals surface area contributed by atoms with Crippen LogP contribution in [0.5, 0.6) is 5.75 Å². The van der Waals surface area contributed by atoms with Gasteiger partial charge in [0.25, 0.3) is 0 Å². The van der Waals surface area contributed by atoms with Crippen molar-refractivity contribution in [3.63, 3.8) is 0 Å². The van der Waals surface area contributed by atoms with Crippen molar-refractivity contribution in [2.45, 2.75) is 47.0 Å². The van der Waals surface area contributed by atoms with Gasteiger partial charge in [0, 0.05) is 4.88 Å². The Morgan fingerprint density at radius 3 is 2.52 bits per heavy atom. The quantitative estimate of drug-likeness (QED) is 0.579.